The number of Topliss-reactive ketones (excluding diaryl/α,β-unsaturated/α-hetero) is 1. The van der Waals surface area contributed by atoms with E-state index < -0.39 is 0 Å². The number of rotatable bonds is 5. The Morgan fingerprint density at radius 2 is 1.74 bits per heavy atom. The second-order valence-corrected chi connectivity index (χ2v) is 4.50. The number of methoxy groups -OCH3 is 2. The summed E-state index contributed by atoms with van der Waals surface area (Å²) in [6.07, 6.45) is 0.716. The number of hydrogen-bond acceptors (Lipinski definition) is 4. The molecule has 1 aromatic rings. The SMILES string of the molecule is COc1cc(CCN2CC(=O)CC2=O)cc(OC)c1. The number of likely N-dealkylation sites (tertiary alicyclic amines) is 1. The van der Waals surface area contributed by atoms with E-state index in [1.54, 1.807) is 25.2 Å². The molecule has 0 saturated carbocycles. The van der Waals surface area contributed by atoms with Gasteiger partial charge in [0.2, 0.25) is 5.91 Å². The zero-order chi connectivity index (χ0) is 13.8. The van der Waals surface area contributed by atoms with Gasteiger partial charge in [-0.15, -0.1) is 0 Å². The van der Waals surface area contributed by atoms with Crippen molar-refractivity contribution < 1.29 is 19.1 Å². The molecule has 1 saturated heterocycles. The van der Waals surface area contributed by atoms with Crippen molar-refractivity contribution in [2.75, 3.05) is 27.3 Å². The van der Waals surface area contributed by atoms with E-state index in [0.717, 1.165) is 17.1 Å². The van der Waals surface area contributed by atoms with Crippen molar-refractivity contribution in [1.82, 2.24) is 4.90 Å². The van der Waals surface area contributed by atoms with Gasteiger partial charge in [-0.1, -0.05) is 0 Å². The van der Waals surface area contributed by atoms with Crippen LogP contribution < -0.4 is 9.47 Å². The third kappa shape index (κ3) is 3.24. The molecule has 1 aliphatic heterocycles. The summed E-state index contributed by atoms with van der Waals surface area (Å²) >= 11 is 0. The zero-order valence-corrected chi connectivity index (χ0v) is 11.1. The highest BCUT2D eigenvalue weighted by Gasteiger charge is 2.26. The lowest BCUT2D eigenvalue weighted by Crippen LogP contribution is -2.27. The topological polar surface area (TPSA) is 55.8 Å². The van der Waals surface area contributed by atoms with Crippen molar-refractivity contribution >= 4 is 11.7 Å². The minimum absolute atomic E-state index is 0.00628. The number of benzene rings is 1. The Morgan fingerprint density at radius 1 is 1.11 bits per heavy atom. The Morgan fingerprint density at radius 3 is 2.21 bits per heavy atom. The minimum atomic E-state index is -0.0835. The molecule has 1 aromatic carbocycles. The fourth-order valence-corrected chi connectivity index (χ4v) is 2.12. The van der Waals surface area contributed by atoms with Gasteiger partial charge in [-0.3, -0.25) is 9.59 Å². The number of nitrogens with zero attached hydrogens (tertiary/aromatic N) is 1. The lowest BCUT2D eigenvalue weighted by molar-refractivity contribution is -0.127. The van der Waals surface area contributed by atoms with Crippen molar-refractivity contribution in [3.05, 3.63) is 23.8 Å². The van der Waals surface area contributed by atoms with Crippen molar-refractivity contribution in [3.63, 3.8) is 0 Å². The molecule has 2 rings (SSSR count). The Kier molecular flexibility index (Phi) is 4.04. The number of ketones is 1. The number of ether oxygens (including phenoxy) is 2. The predicted octanol–water partition coefficient (Wildman–Crippen LogP) is 1.05. The van der Waals surface area contributed by atoms with Gasteiger partial charge in [0, 0.05) is 12.6 Å². The summed E-state index contributed by atoms with van der Waals surface area (Å²) in [5.41, 5.74) is 1.02. The standard InChI is InChI=1S/C14H17NO4/c1-18-12-5-10(6-13(8-12)19-2)3-4-15-9-11(16)7-14(15)17/h5-6,8H,3-4,7,9H2,1-2H3. The van der Waals surface area contributed by atoms with Crippen molar-refractivity contribution in [3.8, 4) is 11.5 Å². The summed E-state index contributed by atoms with van der Waals surface area (Å²) in [5, 5.41) is 0. The van der Waals surface area contributed by atoms with Crippen LogP contribution in [-0.2, 0) is 16.0 Å². The van der Waals surface area contributed by atoms with Gasteiger partial charge < -0.3 is 14.4 Å². The monoisotopic (exact) mass is 263 g/mol. The molecule has 1 heterocycles. The smallest absolute Gasteiger partial charge is 0.230 e. The van der Waals surface area contributed by atoms with Crippen LogP contribution in [-0.4, -0.2) is 43.9 Å². The summed E-state index contributed by atoms with van der Waals surface area (Å²) in [6.45, 7) is 0.779. The fourth-order valence-electron chi connectivity index (χ4n) is 2.12. The molecule has 0 bridgehead atoms. The Balaban J connectivity index is 2.02. The molecule has 102 valence electrons. The Labute approximate surface area is 112 Å². The molecule has 0 aromatic heterocycles. The molecule has 0 aliphatic carbocycles. The molecule has 1 aliphatic rings. The molecule has 1 fully saturated rings. The largest absolute Gasteiger partial charge is 0.497 e. The summed E-state index contributed by atoms with van der Waals surface area (Å²) in [7, 11) is 3.20. The Hall–Kier alpha value is -2.04. The van der Waals surface area contributed by atoms with E-state index in [2.05, 4.69) is 0 Å². The van der Waals surface area contributed by atoms with Crippen LogP contribution in [0.25, 0.3) is 0 Å². The van der Waals surface area contributed by atoms with Crippen LogP contribution in [0.1, 0.15) is 12.0 Å². The molecule has 0 radical (unpaired) electrons. The van der Waals surface area contributed by atoms with Gasteiger partial charge in [0.1, 0.15) is 11.5 Å². The van der Waals surface area contributed by atoms with Crippen LogP contribution in [0.15, 0.2) is 18.2 Å². The second kappa shape index (κ2) is 5.73. The first kappa shape index (κ1) is 13.4. The zero-order valence-electron chi connectivity index (χ0n) is 11.1. The molecule has 0 atom stereocenters. The van der Waals surface area contributed by atoms with Gasteiger partial charge in [-0.2, -0.15) is 0 Å². The number of carbonyl (C=O) groups excluding carboxylic acids is 2. The average molecular weight is 263 g/mol. The van der Waals surface area contributed by atoms with Crippen LogP contribution in [0.2, 0.25) is 0 Å². The first-order valence-corrected chi connectivity index (χ1v) is 6.14. The van der Waals surface area contributed by atoms with Gasteiger partial charge in [0.15, 0.2) is 5.78 Å². The summed E-state index contributed by atoms with van der Waals surface area (Å²) < 4.78 is 10.4. The van der Waals surface area contributed by atoms with Crippen molar-refractivity contribution in [2.24, 2.45) is 0 Å². The maximum Gasteiger partial charge on any atom is 0.230 e. The quantitative estimate of drug-likeness (QED) is 0.745. The van der Waals surface area contributed by atoms with Gasteiger partial charge >= 0.3 is 0 Å². The van der Waals surface area contributed by atoms with Crippen LogP contribution in [0.3, 0.4) is 0 Å². The van der Waals surface area contributed by atoms with E-state index in [1.807, 2.05) is 12.1 Å². The Bertz CT molecular complexity index is 476. The maximum absolute atomic E-state index is 11.5. The van der Waals surface area contributed by atoms with E-state index in [-0.39, 0.29) is 24.7 Å². The van der Waals surface area contributed by atoms with E-state index in [0.29, 0.717) is 13.0 Å². The first-order chi connectivity index (χ1) is 9.12. The van der Waals surface area contributed by atoms with Crippen LogP contribution in [0.4, 0.5) is 0 Å². The highest BCUT2D eigenvalue weighted by molar-refractivity contribution is 6.05. The van der Waals surface area contributed by atoms with E-state index >= 15 is 0 Å². The molecule has 0 N–H and O–H groups in total. The number of hydrogen-bond donors (Lipinski definition) is 0. The lowest BCUT2D eigenvalue weighted by Gasteiger charge is -2.15. The van der Waals surface area contributed by atoms with E-state index in [9.17, 15) is 9.59 Å². The van der Waals surface area contributed by atoms with Crippen LogP contribution in [0, 0.1) is 0 Å². The molecule has 19 heavy (non-hydrogen) atoms. The molecule has 5 nitrogen and oxygen atoms in total. The predicted molar refractivity (Wildman–Crippen MR) is 69.5 cm³/mol. The fraction of sp³-hybridized carbons (Fsp3) is 0.429. The van der Waals surface area contributed by atoms with Crippen molar-refractivity contribution in [1.29, 1.82) is 0 Å². The van der Waals surface area contributed by atoms with Gasteiger partial charge in [-0.05, 0) is 24.1 Å². The second-order valence-electron chi connectivity index (χ2n) is 4.50. The van der Waals surface area contributed by atoms with E-state index in [4.69, 9.17) is 9.47 Å². The molecular weight excluding hydrogens is 246 g/mol. The van der Waals surface area contributed by atoms with Gasteiger partial charge in [-0.25, -0.2) is 0 Å². The minimum Gasteiger partial charge on any atom is -0.497 e. The molecule has 0 spiro atoms. The van der Waals surface area contributed by atoms with E-state index in [1.165, 1.54) is 0 Å². The highest BCUT2D eigenvalue weighted by Crippen LogP contribution is 2.23. The first-order valence-electron chi connectivity index (χ1n) is 6.14. The summed E-state index contributed by atoms with van der Waals surface area (Å²) in [5.74, 6) is 1.35. The molecule has 0 unspecified atom stereocenters. The van der Waals surface area contributed by atoms with Gasteiger partial charge in [0.25, 0.3) is 0 Å². The van der Waals surface area contributed by atoms with Crippen LogP contribution >= 0.6 is 0 Å². The third-order valence-electron chi connectivity index (χ3n) is 3.15. The number of carbonyl (C=O) groups is 2. The lowest BCUT2D eigenvalue weighted by atomic mass is 10.1. The highest BCUT2D eigenvalue weighted by atomic mass is 16.5. The maximum atomic E-state index is 11.5. The third-order valence-corrected chi connectivity index (χ3v) is 3.15. The molecule has 1 amide bonds. The molecule has 5 heteroatoms. The average Bonchev–Trinajstić information content (AvgIpc) is 2.74. The van der Waals surface area contributed by atoms with Crippen molar-refractivity contribution in [2.45, 2.75) is 12.8 Å². The summed E-state index contributed by atoms with van der Waals surface area (Å²) in [6, 6.07) is 5.61. The number of amides is 1. The van der Waals surface area contributed by atoms with Gasteiger partial charge in [0.05, 0.1) is 27.2 Å². The molecular formula is C14H17NO4. The van der Waals surface area contributed by atoms with Crippen LogP contribution in [0.5, 0.6) is 11.5 Å². The summed E-state index contributed by atoms with van der Waals surface area (Å²) in [4.78, 5) is 24.3. The normalized spacial score (nSPS) is 14.9.